The van der Waals surface area contributed by atoms with E-state index in [4.69, 9.17) is 0 Å². The largest absolute Gasteiger partial charge is 0.507 e. The summed E-state index contributed by atoms with van der Waals surface area (Å²) in [7, 11) is 1.29. The average Bonchev–Trinajstić information content (AvgIpc) is 3.29. The first kappa shape index (κ1) is 22.5. The second kappa shape index (κ2) is 9.86. The summed E-state index contributed by atoms with van der Waals surface area (Å²) >= 11 is 0. The number of phenolic OH excluding ortho intramolecular Hbond substituents is 2. The van der Waals surface area contributed by atoms with Crippen LogP contribution in [0, 0.1) is 0 Å². The van der Waals surface area contributed by atoms with E-state index in [2.05, 4.69) is 20.1 Å². The number of nitrogens with one attached hydrogen (secondary N) is 1. The fraction of sp³-hybridized carbons (Fsp3) is 0.120. The number of carbonyl (C=O) groups excluding carboxylic acids is 2. The van der Waals surface area contributed by atoms with Crippen LogP contribution in [0.5, 0.6) is 11.5 Å². The summed E-state index contributed by atoms with van der Waals surface area (Å²) in [5.41, 5.74) is 1.90. The molecule has 4 rings (SSSR count). The summed E-state index contributed by atoms with van der Waals surface area (Å²) < 4.78 is 6.10. The number of phenols is 2. The normalized spacial score (nSPS) is 10.6. The number of aromatic nitrogens is 3. The van der Waals surface area contributed by atoms with E-state index in [0.29, 0.717) is 28.2 Å². The first-order valence-electron chi connectivity index (χ1n) is 10.5. The first-order chi connectivity index (χ1) is 16.5. The highest BCUT2D eigenvalue weighted by Gasteiger charge is 2.19. The highest BCUT2D eigenvalue weighted by atomic mass is 16.5. The van der Waals surface area contributed by atoms with E-state index in [9.17, 15) is 19.8 Å². The van der Waals surface area contributed by atoms with Gasteiger partial charge in [0, 0.05) is 12.1 Å². The molecule has 9 nitrogen and oxygen atoms in total. The van der Waals surface area contributed by atoms with Crippen LogP contribution < -0.4 is 5.32 Å². The molecule has 9 heteroatoms. The van der Waals surface area contributed by atoms with Gasteiger partial charge in [-0.15, -0.1) is 5.10 Å². The van der Waals surface area contributed by atoms with Gasteiger partial charge in [-0.25, -0.2) is 9.67 Å². The molecular formula is C25H22N4O5. The number of methoxy groups -OCH3 is 1. The van der Waals surface area contributed by atoms with E-state index in [1.807, 2.05) is 0 Å². The summed E-state index contributed by atoms with van der Waals surface area (Å²) in [5, 5.41) is 27.9. The fourth-order valence-electron chi connectivity index (χ4n) is 3.34. The predicted molar refractivity (Wildman–Crippen MR) is 125 cm³/mol. The molecule has 0 aliphatic carbocycles. The van der Waals surface area contributed by atoms with Crippen molar-refractivity contribution in [2.24, 2.45) is 0 Å². The number of rotatable bonds is 7. The zero-order valence-electron chi connectivity index (χ0n) is 18.3. The molecule has 0 saturated carbocycles. The number of benzene rings is 3. The Balaban J connectivity index is 1.68. The topological polar surface area (TPSA) is 127 Å². The van der Waals surface area contributed by atoms with Crippen molar-refractivity contribution in [1.82, 2.24) is 20.1 Å². The van der Waals surface area contributed by atoms with Gasteiger partial charge < -0.3 is 20.3 Å². The molecule has 1 amide bonds. The van der Waals surface area contributed by atoms with Crippen LogP contribution in [0.25, 0.3) is 28.5 Å². The minimum Gasteiger partial charge on any atom is -0.507 e. The average molecular weight is 458 g/mol. The Morgan fingerprint density at radius 3 is 2.15 bits per heavy atom. The Bertz CT molecular complexity index is 1330. The van der Waals surface area contributed by atoms with Crippen LogP contribution in [0.15, 0.2) is 72.8 Å². The summed E-state index contributed by atoms with van der Waals surface area (Å²) in [6.07, 6.45) is 0.0817. The number of carbonyl (C=O) groups is 2. The number of amides is 1. The second-order valence-electron chi connectivity index (χ2n) is 7.33. The van der Waals surface area contributed by atoms with Gasteiger partial charge >= 0.3 is 5.97 Å². The van der Waals surface area contributed by atoms with Crippen LogP contribution >= 0.6 is 0 Å². The number of para-hydroxylation sites is 2. The maximum atomic E-state index is 12.4. The van der Waals surface area contributed by atoms with Gasteiger partial charge in [0.25, 0.3) is 5.91 Å². The molecule has 0 aliphatic heterocycles. The first-order valence-corrected chi connectivity index (χ1v) is 10.5. The lowest BCUT2D eigenvalue weighted by atomic mass is 10.1. The van der Waals surface area contributed by atoms with E-state index in [-0.39, 0.29) is 36.2 Å². The lowest BCUT2D eigenvalue weighted by molar-refractivity contribution is -0.140. The van der Waals surface area contributed by atoms with Gasteiger partial charge in [0.05, 0.1) is 30.3 Å². The van der Waals surface area contributed by atoms with Crippen LogP contribution in [-0.4, -0.2) is 50.5 Å². The number of ether oxygens (including phenoxy) is 1. The minimum absolute atomic E-state index is 0.0292. The molecular weight excluding hydrogens is 436 g/mol. The molecule has 1 heterocycles. The summed E-state index contributed by atoms with van der Waals surface area (Å²) in [5.74, 6) is -0.0275. The maximum absolute atomic E-state index is 12.4. The van der Waals surface area contributed by atoms with E-state index < -0.39 is 5.97 Å². The molecule has 1 aromatic heterocycles. The molecule has 0 spiro atoms. The van der Waals surface area contributed by atoms with Crippen molar-refractivity contribution >= 4 is 11.9 Å². The minimum atomic E-state index is -0.404. The van der Waals surface area contributed by atoms with Crippen molar-refractivity contribution in [3.63, 3.8) is 0 Å². The molecule has 34 heavy (non-hydrogen) atoms. The molecule has 172 valence electrons. The Hall–Kier alpha value is -4.66. The summed E-state index contributed by atoms with van der Waals surface area (Å²) in [4.78, 5) is 28.2. The van der Waals surface area contributed by atoms with Crippen molar-refractivity contribution in [3.8, 4) is 40.0 Å². The van der Waals surface area contributed by atoms with Gasteiger partial charge in [-0.05, 0) is 48.5 Å². The Labute approximate surface area is 195 Å². The summed E-state index contributed by atoms with van der Waals surface area (Å²) in [6, 6.07) is 20.1. The van der Waals surface area contributed by atoms with Crippen molar-refractivity contribution in [1.29, 1.82) is 0 Å². The van der Waals surface area contributed by atoms with Crippen molar-refractivity contribution in [2.75, 3.05) is 13.7 Å². The van der Waals surface area contributed by atoms with Crippen LogP contribution in [0.4, 0.5) is 0 Å². The van der Waals surface area contributed by atoms with E-state index in [1.165, 1.54) is 11.8 Å². The molecule has 0 atom stereocenters. The molecule has 3 N–H and O–H groups in total. The van der Waals surface area contributed by atoms with Crippen molar-refractivity contribution in [3.05, 3.63) is 78.4 Å². The molecule has 0 radical (unpaired) electrons. The second-order valence-corrected chi connectivity index (χ2v) is 7.33. The van der Waals surface area contributed by atoms with E-state index in [0.717, 1.165) is 0 Å². The number of hydrogen-bond acceptors (Lipinski definition) is 7. The molecule has 4 aromatic rings. The molecule has 3 aromatic carbocycles. The lowest BCUT2D eigenvalue weighted by Gasteiger charge is -2.09. The third kappa shape index (κ3) is 4.73. The van der Waals surface area contributed by atoms with Crippen molar-refractivity contribution < 1.29 is 24.5 Å². The van der Waals surface area contributed by atoms with Crippen LogP contribution in [0.3, 0.4) is 0 Å². The summed E-state index contributed by atoms with van der Waals surface area (Å²) in [6.45, 7) is 0.164. The smallest absolute Gasteiger partial charge is 0.307 e. The molecule has 0 saturated heterocycles. The SMILES string of the molecule is COC(=O)CCNC(=O)c1ccc(-n2nc(-c3ccccc3O)nc2-c2ccccc2O)cc1. The van der Waals surface area contributed by atoms with Crippen LogP contribution in [-0.2, 0) is 9.53 Å². The number of esters is 1. The number of hydrogen-bond donors (Lipinski definition) is 3. The molecule has 0 fully saturated rings. The predicted octanol–water partition coefficient (Wildman–Crippen LogP) is 3.31. The zero-order valence-corrected chi connectivity index (χ0v) is 18.3. The van der Waals surface area contributed by atoms with Crippen molar-refractivity contribution in [2.45, 2.75) is 6.42 Å². The van der Waals surface area contributed by atoms with Gasteiger partial charge in [-0.1, -0.05) is 24.3 Å². The molecule has 0 bridgehead atoms. The van der Waals surface area contributed by atoms with Crippen LogP contribution in [0.1, 0.15) is 16.8 Å². The third-order valence-electron chi connectivity index (χ3n) is 5.11. The van der Waals surface area contributed by atoms with Crippen LogP contribution in [0.2, 0.25) is 0 Å². The van der Waals surface area contributed by atoms with E-state index >= 15 is 0 Å². The Morgan fingerprint density at radius 2 is 1.53 bits per heavy atom. The zero-order chi connectivity index (χ0) is 24.1. The highest BCUT2D eigenvalue weighted by Crippen LogP contribution is 2.33. The highest BCUT2D eigenvalue weighted by molar-refractivity contribution is 5.94. The number of nitrogens with zero attached hydrogens (tertiary/aromatic N) is 3. The van der Waals surface area contributed by atoms with Gasteiger partial charge in [0.1, 0.15) is 11.5 Å². The fourth-order valence-corrected chi connectivity index (χ4v) is 3.34. The Morgan fingerprint density at radius 1 is 0.912 bits per heavy atom. The van der Waals surface area contributed by atoms with Gasteiger partial charge in [-0.3, -0.25) is 9.59 Å². The van der Waals surface area contributed by atoms with E-state index in [1.54, 1.807) is 72.8 Å². The van der Waals surface area contributed by atoms with Gasteiger partial charge in [0.15, 0.2) is 11.6 Å². The molecule has 0 aliphatic rings. The molecule has 0 unspecified atom stereocenters. The standard InChI is InChI=1S/C25H22N4O5/c1-34-22(32)14-15-26-25(33)16-10-12-17(13-11-16)29-24(19-7-3-5-9-21(19)31)27-23(28-29)18-6-2-4-8-20(18)30/h2-13,30-31H,14-15H2,1H3,(H,26,33). The van der Waals surface area contributed by atoms with Gasteiger partial charge in [-0.2, -0.15) is 0 Å². The van der Waals surface area contributed by atoms with Gasteiger partial charge in [0.2, 0.25) is 0 Å². The monoisotopic (exact) mass is 458 g/mol. The Kier molecular flexibility index (Phi) is 6.54. The maximum Gasteiger partial charge on any atom is 0.307 e. The lowest BCUT2D eigenvalue weighted by Crippen LogP contribution is -2.26. The number of aromatic hydroxyl groups is 2. The quantitative estimate of drug-likeness (QED) is 0.363. The third-order valence-corrected chi connectivity index (χ3v) is 5.11.